The first kappa shape index (κ1) is 23.3. The standard InChI is InChI=1S/C23H30N4O5/c1-4-7-14-27-20-19(21(28)25-23(27)30)26(13-5-2)18(24-20)15-31-22(29)17(6-3)32-16-11-9-8-10-12-16/h8-12,17H,4-7,13-15H2,1-3H3,(H,25,28,30)/t17-/m0/s1. The van der Waals surface area contributed by atoms with Gasteiger partial charge in [0.25, 0.3) is 5.56 Å². The molecule has 0 aliphatic rings. The normalized spacial score (nSPS) is 12.1. The van der Waals surface area contributed by atoms with E-state index >= 15 is 0 Å². The van der Waals surface area contributed by atoms with E-state index in [4.69, 9.17) is 9.47 Å². The van der Waals surface area contributed by atoms with Crippen molar-refractivity contribution >= 4 is 17.1 Å². The fourth-order valence-corrected chi connectivity index (χ4v) is 3.51. The maximum absolute atomic E-state index is 12.7. The molecule has 2 aromatic heterocycles. The number of hydrogen-bond donors (Lipinski definition) is 1. The number of esters is 1. The summed E-state index contributed by atoms with van der Waals surface area (Å²) in [5, 5.41) is 0. The third-order valence-corrected chi connectivity index (χ3v) is 5.15. The number of benzene rings is 1. The molecule has 0 saturated carbocycles. The molecule has 0 fully saturated rings. The Morgan fingerprint density at radius 2 is 1.81 bits per heavy atom. The fourth-order valence-electron chi connectivity index (χ4n) is 3.51. The number of H-pyrrole nitrogens is 1. The van der Waals surface area contributed by atoms with Gasteiger partial charge >= 0.3 is 11.7 Å². The number of hydrogen-bond acceptors (Lipinski definition) is 6. The van der Waals surface area contributed by atoms with E-state index in [1.165, 1.54) is 4.57 Å². The first-order chi connectivity index (χ1) is 15.5. The number of carbonyl (C=O) groups excluding carboxylic acids is 1. The molecule has 0 saturated heterocycles. The van der Waals surface area contributed by atoms with E-state index in [9.17, 15) is 14.4 Å². The monoisotopic (exact) mass is 442 g/mol. The highest BCUT2D eigenvalue weighted by Crippen LogP contribution is 2.16. The Kier molecular flexibility index (Phi) is 7.86. The van der Waals surface area contributed by atoms with Crippen molar-refractivity contribution in [3.8, 4) is 5.75 Å². The van der Waals surface area contributed by atoms with E-state index in [-0.39, 0.29) is 6.61 Å². The minimum atomic E-state index is -0.757. The van der Waals surface area contributed by atoms with Crippen molar-refractivity contribution in [2.75, 3.05) is 0 Å². The molecule has 9 nitrogen and oxygen atoms in total. The highest BCUT2D eigenvalue weighted by molar-refractivity contribution is 5.75. The second-order valence-electron chi connectivity index (χ2n) is 7.55. The Labute approximate surface area is 186 Å². The Morgan fingerprint density at radius 3 is 2.47 bits per heavy atom. The summed E-state index contributed by atoms with van der Waals surface area (Å²) in [6, 6.07) is 9.08. The highest BCUT2D eigenvalue weighted by Gasteiger charge is 2.23. The molecule has 0 spiro atoms. The number of carbonyl (C=O) groups is 1. The average Bonchev–Trinajstić information content (AvgIpc) is 3.15. The molecule has 32 heavy (non-hydrogen) atoms. The van der Waals surface area contributed by atoms with Gasteiger partial charge in [-0.25, -0.2) is 14.6 Å². The van der Waals surface area contributed by atoms with Gasteiger partial charge in [0.05, 0.1) is 0 Å². The lowest BCUT2D eigenvalue weighted by molar-refractivity contribution is -0.153. The molecular weight excluding hydrogens is 412 g/mol. The van der Waals surface area contributed by atoms with Crippen LogP contribution in [0.3, 0.4) is 0 Å². The maximum atomic E-state index is 12.7. The molecule has 2 heterocycles. The number of nitrogens with zero attached hydrogens (tertiary/aromatic N) is 3. The number of aryl methyl sites for hydroxylation is 2. The first-order valence-corrected chi connectivity index (χ1v) is 11.1. The second-order valence-corrected chi connectivity index (χ2v) is 7.55. The molecule has 0 unspecified atom stereocenters. The molecule has 1 atom stereocenters. The molecule has 1 aromatic carbocycles. The number of aromatic amines is 1. The van der Waals surface area contributed by atoms with Crippen LogP contribution in [0.15, 0.2) is 39.9 Å². The molecule has 9 heteroatoms. The molecule has 172 valence electrons. The zero-order valence-electron chi connectivity index (χ0n) is 18.8. The summed E-state index contributed by atoms with van der Waals surface area (Å²) in [6.07, 6.45) is 2.10. The van der Waals surface area contributed by atoms with Gasteiger partial charge in [0.1, 0.15) is 18.2 Å². The number of imidazole rings is 1. The van der Waals surface area contributed by atoms with Crippen molar-refractivity contribution in [3.05, 3.63) is 57.0 Å². The predicted molar refractivity (Wildman–Crippen MR) is 121 cm³/mol. The SMILES string of the molecule is CCCCn1c(=O)[nH]c(=O)c2c1nc(COC(=O)[C@H](CC)Oc1ccccc1)n2CCC. The lowest BCUT2D eigenvalue weighted by Gasteiger charge is -2.16. The van der Waals surface area contributed by atoms with Gasteiger partial charge in [0.15, 0.2) is 17.3 Å². The Balaban J connectivity index is 1.88. The van der Waals surface area contributed by atoms with E-state index in [1.54, 1.807) is 16.7 Å². The van der Waals surface area contributed by atoms with Crippen molar-refractivity contribution in [2.24, 2.45) is 0 Å². The number of ether oxygens (including phenoxy) is 2. The van der Waals surface area contributed by atoms with E-state index in [2.05, 4.69) is 9.97 Å². The summed E-state index contributed by atoms with van der Waals surface area (Å²) in [7, 11) is 0. The summed E-state index contributed by atoms with van der Waals surface area (Å²) >= 11 is 0. The van der Waals surface area contributed by atoms with E-state index < -0.39 is 23.3 Å². The zero-order valence-corrected chi connectivity index (χ0v) is 18.8. The Bertz CT molecular complexity index is 1160. The number of unbranched alkanes of at least 4 members (excludes halogenated alkanes) is 1. The van der Waals surface area contributed by atoms with Crippen LogP contribution in [0.5, 0.6) is 5.75 Å². The minimum absolute atomic E-state index is 0.121. The molecule has 0 radical (unpaired) electrons. The van der Waals surface area contributed by atoms with E-state index in [0.717, 1.165) is 19.3 Å². The van der Waals surface area contributed by atoms with Crippen LogP contribution < -0.4 is 16.0 Å². The van der Waals surface area contributed by atoms with Gasteiger partial charge in [0, 0.05) is 13.1 Å². The van der Waals surface area contributed by atoms with Crippen LogP contribution in [0.1, 0.15) is 52.3 Å². The Morgan fingerprint density at radius 1 is 1.06 bits per heavy atom. The Hall–Kier alpha value is -3.36. The summed E-state index contributed by atoms with van der Waals surface area (Å²) in [4.78, 5) is 44.5. The molecule has 3 aromatic rings. The van der Waals surface area contributed by atoms with Crippen molar-refractivity contribution in [1.29, 1.82) is 0 Å². The second kappa shape index (κ2) is 10.8. The number of aromatic nitrogens is 4. The van der Waals surface area contributed by atoms with Gasteiger partial charge in [-0.05, 0) is 31.4 Å². The third kappa shape index (κ3) is 5.09. The maximum Gasteiger partial charge on any atom is 0.347 e. The number of nitrogens with one attached hydrogen (secondary N) is 1. The molecule has 0 aliphatic carbocycles. The van der Waals surface area contributed by atoms with Crippen LogP contribution in [0.4, 0.5) is 0 Å². The van der Waals surface area contributed by atoms with Crippen LogP contribution in [0, 0.1) is 0 Å². The van der Waals surface area contributed by atoms with Gasteiger partial charge in [-0.15, -0.1) is 0 Å². The largest absolute Gasteiger partial charge is 0.479 e. The van der Waals surface area contributed by atoms with E-state index in [0.29, 0.717) is 42.2 Å². The fraction of sp³-hybridized carbons (Fsp3) is 0.478. The quantitative estimate of drug-likeness (QED) is 0.457. The third-order valence-electron chi connectivity index (χ3n) is 5.15. The summed E-state index contributed by atoms with van der Waals surface area (Å²) in [6.45, 7) is 6.68. The summed E-state index contributed by atoms with van der Waals surface area (Å²) in [5.74, 6) is 0.496. The number of para-hydroxylation sites is 1. The van der Waals surface area contributed by atoms with Crippen molar-refractivity contribution in [3.63, 3.8) is 0 Å². The molecule has 3 rings (SSSR count). The van der Waals surface area contributed by atoms with Crippen LogP contribution >= 0.6 is 0 Å². The van der Waals surface area contributed by atoms with Gasteiger partial charge in [-0.1, -0.05) is 45.4 Å². The molecule has 1 N–H and O–H groups in total. The van der Waals surface area contributed by atoms with Crippen LogP contribution in [-0.2, 0) is 29.2 Å². The van der Waals surface area contributed by atoms with Gasteiger partial charge < -0.3 is 14.0 Å². The average molecular weight is 443 g/mol. The minimum Gasteiger partial charge on any atom is -0.479 e. The lowest BCUT2D eigenvalue weighted by atomic mass is 10.2. The summed E-state index contributed by atoms with van der Waals surface area (Å²) in [5.41, 5.74) is -0.335. The van der Waals surface area contributed by atoms with E-state index in [1.807, 2.05) is 39.0 Å². The van der Waals surface area contributed by atoms with Crippen molar-refractivity contribution < 1.29 is 14.3 Å². The van der Waals surface area contributed by atoms with Gasteiger partial charge in [-0.3, -0.25) is 14.3 Å². The number of fused-ring (bicyclic) bond motifs is 1. The van der Waals surface area contributed by atoms with Crippen molar-refractivity contribution in [2.45, 2.75) is 72.3 Å². The number of rotatable bonds is 11. The smallest absolute Gasteiger partial charge is 0.347 e. The van der Waals surface area contributed by atoms with Gasteiger partial charge in [0.2, 0.25) is 0 Å². The molecule has 0 aliphatic heterocycles. The molecule has 0 amide bonds. The van der Waals surface area contributed by atoms with Crippen LogP contribution in [0.25, 0.3) is 11.2 Å². The van der Waals surface area contributed by atoms with Crippen LogP contribution in [0.2, 0.25) is 0 Å². The predicted octanol–water partition coefficient (Wildman–Crippen LogP) is 3.00. The van der Waals surface area contributed by atoms with Crippen molar-refractivity contribution in [1.82, 2.24) is 19.1 Å². The van der Waals surface area contributed by atoms with Gasteiger partial charge in [-0.2, -0.15) is 0 Å². The first-order valence-electron chi connectivity index (χ1n) is 11.1. The lowest BCUT2D eigenvalue weighted by Crippen LogP contribution is -2.31. The topological polar surface area (TPSA) is 108 Å². The van der Waals surface area contributed by atoms with Crippen LogP contribution in [-0.4, -0.2) is 31.2 Å². The molecular formula is C23H30N4O5. The zero-order chi connectivity index (χ0) is 23.1. The molecule has 0 bridgehead atoms. The highest BCUT2D eigenvalue weighted by atomic mass is 16.6. The summed E-state index contributed by atoms with van der Waals surface area (Å²) < 4.78 is 14.5.